The molecule has 2 aromatic rings. The molecule has 0 bridgehead atoms. The molecular formula is C13H17N3O. The highest BCUT2D eigenvalue weighted by Crippen LogP contribution is 2.21. The summed E-state index contributed by atoms with van der Waals surface area (Å²) < 4.78 is 7.72. The van der Waals surface area contributed by atoms with Gasteiger partial charge in [0.05, 0.1) is 18.3 Å². The van der Waals surface area contributed by atoms with Crippen LogP contribution in [0.5, 0.6) is 5.75 Å². The molecular weight excluding hydrogens is 214 g/mol. The van der Waals surface area contributed by atoms with Gasteiger partial charge in [0.2, 0.25) is 0 Å². The molecule has 0 spiro atoms. The molecule has 1 aromatic heterocycles. The van der Waals surface area contributed by atoms with E-state index in [-0.39, 0.29) is 0 Å². The molecule has 3 rings (SSSR count). The number of aromatic nitrogens is 2. The first-order chi connectivity index (χ1) is 8.33. The number of nitrogens with one attached hydrogen (secondary N) is 1. The van der Waals surface area contributed by atoms with Crippen LogP contribution in [0.15, 0.2) is 24.4 Å². The Bertz CT molecular complexity index is 514. The minimum Gasteiger partial charge on any atom is -0.493 e. The molecule has 1 aliphatic heterocycles. The van der Waals surface area contributed by atoms with Crippen molar-refractivity contribution < 1.29 is 4.74 Å². The molecule has 1 saturated heterocycles. The van der Waals surface area contributed by atoms with E-state index in [1.165, 1.54) is 6.42 Å². The van der Waals surface area contributed by atoms with Gasteiger partial charge in [-0.05, 0) is 25.1 Å². The second-order valence-corrected chi connectivity index (χ2v) is 4.66. The van der Waals surface area contributed by atoms with Crippen LogP contribution in [0.4, 0.5) is 0 Å². The molecule has 1 N–H and O–H groups in total. The Kier molecular flexibility index (Phi) is 2.73. The summed E-state index contributed by atoms with van der Waals surface area (Å²) in [6.45, 7) is 3.00. The van der Waals surface area contributed by atoms with Crippen molar-refractivity contribution in [3.63, 3.8) is 0 Å². The molecule has 90 valence electrons. The van der Waals surface area contributed by atoms with E-state index in [0.717, 1.165) is 36.3 Å². The minimum atomic E-state index is 0.650. The van der Waals surface area contributed by atoms with Crippen LogP contribution >= 0.6 is 0 Å². The van der Waals surface area contributed by atoms with Crippen LogP contribution < -0.4 is 10.1 Å². The summed E-state index contributed by atoms with van der Waals surface area (Å²) in [4.78, 5) is 0. The summed E-state index contributed by atoms with van der Waals surface area (Å²) in [6.07, 6.45) is 3.09. The fourth-order valence-corrected chi connectivity index (χ4v) is 2.28. The van der Waals surface area contributed by atoms with E-state index in [0.29, 0.717) is 5.92 Å². The van der Waals surface area contributed by atoms with Crippen LogP contribution in [-0.4, -0.2) is 29.5 Å². The zero-order chi connectivity index (χ0) is 11.7. The lowest BCUT2D eigenvalue weighted by Crippen LogP contribution is -2.15. The molecule has 17 heavy (non-hydrogen) atoms. The van der Waals surface area contributed by atoms with Crippen molar-refractivity contribution in [1.82, 2.24) is 15.1 Å². The van der Waals surface area contributed by atoms with Crippen molar-refractivity contribution in [2.45, 2.75) is 6.42 Å². The van der Waals surface area contributed by atoms with E-state index >= 15 is 0 Å². The summed E-state index contributed by atoms with van der Waals surface area (Å²) in [6, 6.07) is 6.14. The van der Waals surface area contributed by atoms with E-state index in [4.69, 9.17) is 4.74 Å². The Morgan fingerprint density at radius 2 is 2.47 bits per heavy atom. The highest BCUT2D eigenvalue weighted by atomic mass is 16.5. The fourth-order valence-electron chi connectivity index (χ4n) is 2.28. The lowest BCUT2D eigenvalue weighted by molar-refractivity contribution is 0.260. The topological polar surface area (TPSA) is 39.1 Å². The fraction of sp³-hybridized carbons (Fsp3) is 0.462. The predicted octanol–water partition coefficient (Wildman–Crippen LogP) is 1.56. The van der Waals surface area contributed by atoms with Gasteiger partial charge in [0, 0.05) is 31.0 Å². The zero-order valence-electron chi connectivity index (χ0n) is 10.0. The Morgan fingerprint density at radius 3 is 3.29 bits per heavy atom. The molecule has 1 unspecified atom stereocenters. The van der Waals surface area contributed by atoms with Crippen molar-refractivity contribution in [2.75, 3.05) is 19.7 Å². The Balaban J connectivity index is 1.73. The monoisotopic (exact) mass is 231 g/mol. The molecule has 1 atom stereocenters. The second-order valence-electron chi connectivity index (χ2n) is 4.66. The molecule has 1 aliphatic rings. The van der Waals surface area contributed by atoms with Crippen LogP contribution in [0.3, 0.4) is 0 Å². The number of nitrogens with zero attached hydrogens (tertiary/aromatic N) is 2. The molecule has 2 heterocycles. The molecule has 0 saturated carbocycles. The summed E-state index contributed by atoms with van der Waals surface area (Å²) in [5.41, 5.74) is 1.12. The van der Waals surface area contributed by atoms with E-state index in [2.05, 4.69) is 22.5 Å². The number of ether oxygens (including phenoxy) is 1. The molecule has 0 amide bonds. The normalized spacial score (nSPS) is 19.9. The zero-order valence-corrected chi connectivity index (χ0v) is 10.0. The van der Waals surface area contributed by atoms with Gasteiger partial charge in [0.25, 0.3) is 0 Å². The number of hydrogen-bond donors (Lipinski definition) is 1. The molecule has 1 fully saturated rings. The smallest absolute Gasteiger partial charge is 0.121 e. The van der Waals surface area contributed by atoms with Crippen LogP contribution in [-0.2, 0) is 7.05 Å². The standard InChI is InChI=1S/C13H17N3O/c1-16-13-6-12(3-2-11(13)8-15-16)17-9-10-4-5-14-7-10/h2-3,6,8,10,14H,4-5,7,9H2,1H3. The highest BCUT2D eigenvalue weighted by Gasteiger charge is 2.15. The number of benzene rings is 1. The van der Waals surface area contributed by atoms with Gasteiger partial charge in [-0.3, -0.25) is 4.68 Å². The average Bonchev–Trinajstić information content (AvgIpc) is 2.97. The lowest BCUT2D eigenvalue weighted by Gasteiger charge is -2.10. The first-order valence-corrected chi connectivity index (χ1v) is 6.08. The Morgan fingerprint density at radius 1 is 1.53 bits per heavy atom. The molecule has 0 radical (unpaired) electrons. The van der Waals surface area contributed by atoms with Gasteiger partial charge in [-0.2, -0.15) is 5.10 Å². The van der Waals surface area contributed by atoms with Crippen LogP contribution in [0.25, 0.3) is 10.9 Å². The third-order valence-electron chi connectivity index (χ3n) is 3.37. The van der Waals surface area contributed by atoms with E-state index in [9.17, 15) is 0 Å². The van der Waals surface area contributed by atoms with Gasteiger partial charge in [-0.25, -0.2) is 0 Å². The van der Waals surface area contributed by atoms with Gasteiger partial charge in [0.1, 0.15) is 5.75 Å². The molecule has 1 aromatic carbocycles. The van der Waals surface area contributed by atoms with E-state index in [1.807, 2.05) is 24.0 Å². The van der Waals surface area contributed by atoms with E-state index in [1.54, 1.807) is 0 Å². The summed E-state index contributed by atoms with van der Waals surface area (Å²) >= 11 is 0. The maximum atomic E-state index is 5.84. The van der Waals surface area contributed by atoms with Crippen LogP contribution in [0.2, 0.25) is 0 Å². The summed E-state index contributed by atoms with van der Waals surface area (Å²) in [5, 5.41) is 8.73. The Labute approximate surface area is 101 Å². The SMILES string of the molecule is Cn1ncc2ccc(OCC3CCNC3)cc21. The van der Waals surface area contributed by atoms with E-state index < -0.39 is 0 Å². The number of fused-ring (bicyclic) bond motifs is 1. The number of hydrogen-bond acceptors (Lipinski definition) is 3. The van der Waals surface area contributed by atoms with Crippen molar-refractivity contribution in [3.05, 3.63) is 24.4 Å². The highest BCUT2D eigenvalue weighted by molar-refractivity contribution is 5.79. The largest absolute Gasteiger partial charge is 0.493 e. The first-order valence-electron chi connectivity index (χ1n) is 6.08. The minimum absolute atomic E-state index is 0.650. The van der Waals surface area contributed by atoms with Gasteiger partial charge in [-0.15, -0.1) is 0 Å². The van der Waals surface area contributed by atoms with Crippen molar-refractivity contribution in [1.29, 1.82) is 0 Å². The molecule has 4 nitrogen and oxygen atoms in total. The van der Waals surface area contributed by atoms with Gasteiger partial charge in [-0.1, -0.05) is 0 Å². The Hall–Kier alpha value is -1.55. The number of rotatable bonds is 3. The molecule has 4 heteroatoms. The van der Waals surface area contributed by atoms with Gasteiger partial charge >= 0.3 is 0 Å². The third-order valence-corrected chi connectivity index (χ3v) is 3.37. The second kappa shape index (κ2) is 4.37. The predicted molar refractivity (Wildman–Crippen MR) is 67.2 cm³/mol. The van der Waals surface area contributed by atoms with Crippen LogP contribution in [0, 0.1) is 5.92 Å². The lowest BCUT2D eigenvalue weighted by atomic mass is 10.1. The quantitative estimate of drug-likeness (QED) is 0.871. The van der Waals surface area contributed by atoms with Crippen LogP contribution in [0.1, 0.15) is 6.42 Å². The first kappa shape index (κ1) is 10.6. The summed E-state index contributed by atoms with van der Waals surface area (Å²) in [7, 11) is 1.95. The third kappa shape index (κ3) is 2.13. The van der Waals surface area contributed by atoms with Crippen molar-refractivity contribution in [3.8, 4) is 5.75 Å². The number of aryl methyl sites for hydroxylation is 1. The van der Waals surface area contributed by atoms with Gasteiger partial charge < -0.3 is 10.1 Å². The maximum absolute atomic E-state index is 5.84. The van der Waals surface area contributed by atoms with Crippen molar-refractivity contribution in [2.24, 2.45) is 13.0 Å². The molecule has 0 aliphatic carbocycles. The summed E-state index contributed by atoms with van der Waals surface area (Å²) in [5.74, 6) is 1.59. The van der Waals surface area contributed by atoms with Crippen molar-refractivity contribution >= 4 is 10.9 Å². The van der Waals surface area contributed by atoms with Gasteiger partial charge in [0.15, 0.2) is 0 Å². The maximum Gasteiger partial charge on any atom is 0.121 e. The average molecular weight is 231 g/mol.